The lowest BCUT2D eigenvalue weighted by atomic mass is 10.1. The lowest BCUT2D eigenvalue weighted by Crippen LogP contribution is -2.35. The molecule has 1 saturated heterocycles. The highest BCUT2D eigenvalue weighted by Gasteiger charge is 2.28. The van der Waals surface area contributed by atoms with Gasteiger partial charge in [0.2, 0.25) is 12.6 Å². The zero-order chi connectivity index (χ0) is 21.2. The van der Waals surface area contributed by atoms with Crippen molar-refractivity contribution >= 4 is 17.8 Å². The summed E-state index contributed by atoms with van der Waals surface area (Å²) in [4.78, 5) is 27.0. The molecule has 2 aromatic rings. The van der Waals surface area contributed by atoms with Gasteiger partial charge in [-0.2, -0.15) is 0 Å². The SMILES string of the molecule is O=C1C(=Cc2ccc3c(c2)OCO3)Oc2cc(OCC(=O)N3CCCCCC3)ccc21. The number of benzene rings is 2. The average Bonchev–Trinajstić information content (AvgIpc) is 3.24. The van der Waals surface area contributed by atoms with Crippen LogP contribution in [0, 0.1) is 0 Å². The molecule has 7 heteroatoms. The Hall–Kier alpha value is -3.48. The second-order valence-corrected chi connectivity index (χ2v) is 7.79. The van der Waals surface area contributed by atoms with Gasteiger partial charge < -0.3 is 23.8 Å². The zero-order valence-electron chi connectivity index (χ0n) is 17.1. The number of hydrogen-bond donors (Lipinski definition) is 0. The van der Waals surface area contributed by atoms with Crippen LogP contribution in [0.3, 0.4) is 0 Å². The molecular weight excluding hydrogens is 398 g/mol. The summed E-state index contributed by atoms with van der Waals surface area (Å²) in [5.74, 6) is 2.27. The molecule has 1 amide bonds. The molecule has 3 heterocycles. The summed E-state index contributed by atoms with van der Waals surface area (Å²) in [6.45, 7) is 1.75. The van der Waals surface area contributed by atoms with Gasteiger partial charge in [0.05, 0.1) is 5.56 Å². The first-order chi connectivity index (χ1) is 15.2. The maximum Gasteiger partial charge on any atom is 0.260 e. The molecule has 0 bridgehead atoms. The highest BCUT2D eigenvalue weighted by atomic mass is 16.7. The Bertz CT molecular complexity index is 1050. The monoisotopic (exact) mass is 421 g/mol. The highest BCUT2D eigenvalue weighted by Crippen LogP contribution is 2.37. The minimum atomic E-state index is -0.195. The predicted molar refractivity (Wildman–Crippen MR) is 112 cm³/mol. The second kappa shape index (κ2) is 8.34. The highest BCUT2D eigenvalue weighted by molar-refractivity contribution is 6.14. The quantitative estimate of drug-likeness (QED) is 0.699. The normalized spacial score (nSPS) is 18.5. The third-order valence-corrected chi connectivity index (χ3v) is 5.66. The summed E-state index contributed by atoms with van der Waals surface area (Å²) < 4.78 is 22.2. The molecule has 0 atom stereocenters. The lowest BCUT2D eigenvalue weighted by Gasteiger charge is -2.20. The van der Waals surface area contributed by atoms with Crippen molar-refractivity contribution < 1.29 is 28.5 Å². The topological polar surface area (TPSA) is 74.3 Å². The molecule has 0 saturated carbocycles. The fourth-order valence-corrected chi connectivity index (χ4v) is 3.97. The maximum atomic E-state index is 12.7. The molecule has 0 aromatic heterocycles. The first-order valence-electron chi connectivity index (χ1n) is 10.6. The Kier molecular flexibility index (Phi) is 5.24. The minimum Gasteiger partial charge on any atom is -0.484 e. The van der Waals surface area contributed by atoms with Crippen molar-refractivity contribution in [1.29, 1.82) is 0 Å². The third-order valence-electron chi connectivity index (χ3n) is 5.66. The summed E-state index contributed by atoms with van der Waals surface area (Å²) in [7, 11) is 0. The van der Waals surface area contributed by atoms with E-state index in [9.17, 15) is 9.59 Å². The van der Waals surface area contributed by atoms with Crippen LogP contribution in [0.2, 0.25) is 0 Å². The fourth-order valence-electron chi connectivity index (χ4n) is 3.97. The number of ether oxygens (including phenoxy) is 4. The summed E-state index contributed by atoms with van der Waals surface area (Å²) in [6, 6.07) is 10.5. The van der Waals surface area contributed by atoms with Gasteiger partial charge in [0, 0.05) is 19.2 Å². The molecule has 5 rings (SSSR count). The van der Waals surface area contributed by atoms with E-state index in [0.29, 0.717) is 28.6 Å². The van der Waals surface area contributed by atoms with Crippen molar-refractivity contribution in [2.45, 2.75) is 25.7 Å². The Morgan fingerprint density at radius 1 is 0.968 bits per heavy atom. The number of carbonyl (C=O) groups excluding carboxylic acids is 2. The minimum absolute atomic E-state index is 0.0113. The number of rotatable bonds is 4. The van der Waals surface area contributed by atoms with Crippen molar-refractivity contribution in [2.75, 3.05) is 26.5 Å². The molecule has 0 N–H and O–H groups in total. The third kappa shape index (κ3) is 4.08. The van der Waals surface area contributed by atoms with E-state index in [0.717, 1.165) is 31.5 Å². The molecule has 31 heavy (non-hydrogen) atoms. The summed E-state index contributed by atoms with van der Waals surface area (Å²) in [6.07, 6.45) is 6.09. The van der Waals surface area contributed by atoms with Crippen LogP contribution in [0.15, 0.2) is 42.2 Å². The van der Waals surface area contributed by atoms with E-state index in [2.05, 4.69) is 0 Å². The van der Waals surface area contributed by atoms with E-state index in [-0.39, 0.29) is 30.8 Å². The number of fused-ring (bicyclic) bond motifs is 2. The number of carbonyl (C=O) groups is 2. The fraction of sp³-hybridized carbons (Fsp3) is 0.333. The predicted octanol–water partition coefficient (Wildman–Crippen LogP) is 3.81. The summed E-state index contributed by atoms with van der Waals surface area (Å²) in [5, 5.41) is 0. The van der Waals surface area contributed by atoms with Gasteiger partial charge >= 0.3 is 0 Å². The van der Waals surface area contributed by atoms with Crippen LogP contribution in [-0.4, -0.2) is 43.1 Å². The largest absolute Gasteiger partial charge is 0.484 e. The second-order valence-electron chi connectivity index (χ2n) is 7.79. The molecule has 0 spiro atoms. The smallest absolute Gasteiger partial charge is 0.260 e. The van der Waals surface area contributed by atoms with Crippen molar-refractivity contribution in [3.63, 3.8) is 0 Å². The standard InChI is InChI=1S/C24H23NO6/c26-23(25-9-3-1-2-4-10-25)14-28-17-6-7-18-20(13-17)31-22(24(18)27)12-16-5-8-19-21(11-16)30-15-29-19/h5-8,11-13H,1-4,9-10,14-15H2. The van der Waals surface area contributed by atoms with Crippen LogP contribution in [-0.2, 0) is 4.79 Å². The van der Waals surface area contributed by atoms with Crippen LogP contribution >= 0.6 is 0 Å². The summed E-state index contributed by atoms with van der Waals surface area (Å²) >= 11 is 0. The van der Waals surface area contributed by atoms with Crippen molar-refractivity contribution in [3.8, 4) is 23.0 Å². The molecular formula is C24H23NO6. The van der Waals surface area contributed by atoms with Crippen LogP contribution in [0.1, 0.15) is 41.6 Å². The zero-order valence-corrected chi connectivity index (χ0v) is 17.1. The van der Waals surface area contributed by atoms with Crippen LogP contribution in [0.4, 0.5) is 0 Å². The van der Waals surface area contributed by atoms with Crippen LogP contribution in [0.25, 0.3) is 6.08 Å². The van der Waals surface area contributed by atoms with E-state index >= 15 is 0 Å². The molecule has 7 nitrogen and oxygen atoms in total. The van der Waals surface area contributed by atoms with E-state index in [1.807, 2.05) is 11.0 Å². The first kappa shape index (κ1) is 19.5. The number of Topliss-reactive ketones (excluding diaryl/α,β-unsaturated/α-hetero) is 1. The Morgan fingerprint density at radius 3 is 2.61 bits per heavy atom. The van der Waals surface area contributed by atoms with Gasteiger partial charge in [0.15, 0.2) is 23.9 Å². The van der Waals surface area contributed by atoms with E-state index in [4.69, 9.17) is 18.9 Å². The molecule has 3 aliphatic heterocycles. The van der Waals surface area contributed by atoms with Crippen LogP contribution < -0.4 is 18.9 Å². The molecule has 2 aromatic carbocycles. The maximum absolute atomic E-state index is 12.7. The molecule has 0 aliphatic carbocycles. The van der Waals surface area contributed by atoms with Gasteiger partial charge in [-0.3, -0.25) is 9.59 Å². The van der Waals surface area contributed by atoms with Crippen LogP contribution in [0.5, 0.6) is 23.0 Å². The van der Waals surface area contributed by atoms with Gasteiger partial charge in [-0.25, -0.2) is 0 Å². The number of nitrogens with zero attached hydrogens (tertiary/aromatic N) is 1. The van der Waals surface area contributed by atoms with E-state index in [1.165, 1.54) is 12.8 Å². The Morgan fingerprint density at radius 2 is 1.77 bits per heavy atom. The molecule has 0 radical (unpaired) electrons. The van der Waals surface area contributed by atoms with Gasteiger partial charge in [-0.05, 0) is 48.7 Å². The molecule has 160 valence electrons. The van der Waals surface area contributed by atoms with Gasteiger partial charge in [-0.1, -0.05) is 18.9 Å². The van der Waals surface area contributed by atoms with E-state index in [1.54, 1.807) is 36.4 Å². The van der Waals surface area contributed by atoms with Crippen molar-refractivity contribution in [1.82, 2.24) is 4.90 Å². The van der Waals surface area contributed by atoms with E-state index < -0.39 is 0 Å². The van der Waals surface area contributed by atoms with Gasteiger partial charge in [-0.15, -0.1) is 0 Å². The number of ketones is 1. The Labute approximate surface area is 180 Å². The molecule has 1 fully saturated rings. The first-order valence-corrected chi connectivity index (χ1v) is 10.6. The summed E-state index contributed by atoms with van der Waals surface area (Å²) in [5.41, 5.74) is 1.25. The molecule has 3 aliphatic rings. The lowest BCUT2D eigenvalue weighted by molar-refractivity contribution is -0.133. The number of allylic oxidation sites excluding steroid dienone is 1. The average molecular weight is 421 g/mol. The number of hydrogen-bond acceptors (Lipinski definition) is 6. The van der Waals surface area contributed by atoms with Gasteiger partial charge in [0.1, 0.15) is 11.5 Å². The van der Waals surface area contributed by atoms with Crippen molar-refractivity contribution in [2.24, 2.45) is 0 Å². The van der Waals surface area contributed by atoms with Crippen molar-refractivity contribution in [3.05, 3.63) is 53.3 Å². The number of amides is 1. The van der Waals surface area contributed by atoms with Gasteiger partial charge in [0.25, 0.3) is 5.91 Å². The molecule has 0 unspecified atom stereocenters. The number of likely N-dealkylation sites (tertiary alicyclic amines) is 1. The Balaban J connectivity index is 1.26.